The molecular weight excluding hydrogens is 266 g/mol. The van der Waals surface area contributed by atoms with Crippen LogP contribution in [0, 0.1) is 0 Å². The Hall–Kier alpha value is -1.31. The Morgan fingerprint density at radius 2 is 1.75 bits per heavy atom. The summed E-state index contributed by atoms with van der Waals surface area (Å²) in [4.78, 5) is 2.69. The Morgan fingerprint density at radius 1 is 0.950 bits per heavy atom. The van der Waals surface area contributed by atoms with E-state index in [0.29, 0.717) is 12.1 Å². The molecule has 2 aromatic carbocycles. The summed E-state index contributed by atoms with van der Waals surface area (Å²) in [5, 5.41) is 0.822. The molecule has 102 valence electrons. The number of halogens is 1. The summed E-state index contributed by atoms with van der Waals surface area (Å²) in [6.45, 7) is 1.21. The largest absolute Gasteiger partial charge is 0.289 e. The highest BCUT2D eigenvalue weighted by Crippen LogP contribution is 2.45. The SMILES string of the molecule is Clc1ccc(C2Cc3ccccc3C3CCCN23)cc1. The van der Waals surface area contributed by atoms with Crippen molar-refractivity contribution in [3.8, 4) is 0 Å². The van der Waals surface area contributed by atoms with Crippen molar-refractivity contribution in [3.05, 3.63) is 70.2 Å². The Labute approximate surface area is 125 Å². The van der Waals surface area contributed by atoms with E-state index in [1.165, 1.54) is 30.5 Å². The molecule has 0 N–H and O–H groups in total. The van der Waals surface area contributed by atoms with Gasteiger partial charge in [-0.25, -0.2) is 0 Å². The maximum absolute atomic E-state index is 6.03. The molecule has 20 heavy (non-hydrogen) atoms. The van der Waals surface area contributed by atoms with Gasteiger partial charge in [0.2, 0.25) is 0 Å². The van der Waals surface area contributed by atoms with Gasteiger partial charge in [-0.2, -0.15) is 0 Å². The summed E-state index contributed by atoms with van der Waals surface area (Å²) >= 11 is 6.03. The van der Waals surface area contributed by atoms with Crippen molar-refractivity contribution in [2.45, 2.75) is 31.3 Å². The monoisotopic (exact) mass is 283 g/mol. The highest BCUT2D eigenvalue weighted by atomic mass is 35.5. The lowest BCUT2D eigenvalue weighted by Gasteiger charge is -2.39. The molecule has 0 bridgehead atoms. The topological polar surface area (TPSA) is 3.24 Å². The highest BCUT2D eigenvalue weighted by Gasteiger charge is 2.37. The first-order valence-corrected chi connectivity index (χ1v) is 7.80. The lowest BCUT2D eigenvalue weighted by Crippen LogP contribution is -2.34. The molecule has 0 aliphatic carbocycles. The zero-order valence-electron chi connectivity index (χ0n) is 11.4. The van der Waals surface area contributed by atoms with Gasteiger partial charge in [-0.1, -0.05) is 48.0 Å². The average Bonchev–Trinajstić information content (AvgIpc) is 2.97. The van der Waals surface area contributed by atoms with Crippen LogP contribution < -0.4 is 0 Å². The van der Waals surface area contributed by atoms with Crippen LogP contribution in [0.1, 0.15) is 41.6 Å². The molecule has 2 aliphatic rings. The molecular formula is C18H18ClN. The van der Waals surface area contributed by atoms with Gasteiger partial charge in [0, 0.05) is 17.1 Å². The van der Waals surface area contributed by atoms with Crippen LogP contribution in [0.5, 0.6) is 0 Å². The molecule has 2 aliphatic heterocycles. The van der Waals surface area contributed by atoms with E-state index in [1.807, 2.05) is 12.1 Å². The molecule has 0 saturated carbocycles. The van der Waals surface area contributed by atoms with Gasteiger partial charge >= 0.3 is 0 Å². The third kappa shape index (κ3) is 1.97. The zero-order valence-corrected chi connectivity index (χ0v) is 12.2. The normalized spacial score (nSPS) is 25.2. The van der Waals surface area contributed by atoms with Gasteiger partial charge in [-0.15, -0.1) is 0 Å². The fourth-order valence-electron chi connectivity index (χ4n) is 3.86. The van der Waals surface area contributed by atoms with Crippen LogP contribution in [0.2, 0.25) is 5.02 Å². The van der Waals surface area contributed by atoms with Gasteiger partial charge in [0.25, 0.3) is 0 Å². The predicted octanol–water partition coefficient (Wildman–Crippen LogP) is 4.77. The molecule has 2 heterocycles. The molecule has 0 aromatic heterocycles. The van der Waals surface area contributed by atoms with E-state index in [-0.39, 0.29) is 0 Å². The number of nitrogens with zero attached hydrogens (tertiary/aromatic N) is 1. The van der Waals surface area contributed by atoms with E-state index >= 15 is 0 Å². The van der Waals surface area contributed by atoms with E-state index in [2.05, 4.69) is 41.3 Å². The molecule has 2 atom stereocenters. The zero-order chi connectivity index (χ0) is 13.5. The maximum Gasteiger partial charge on any atom is 0.0406 e. The third-order valence-corrected chi connectivity index (χ3v) is 5.03. The molecule has 1 fully saturated rings. The Bertz CT molecular complexity index is 620. The highest BCUT2D eigenvalue weighted by molar-refractivity contribution is 6.30. The van der Waals surface area contributed by atoms with Gasteiger partial charge in [0.05, 0.1) is 0 Å². The van der Waals surface area contributed by atoms with Crippen LogP contribution in [0.25, 0.3) is 0 Å². The molecule has 2 aromatic rings. The Kier molecular flexibility index (Phi) is 3.05. The Balaban J connectivity index is 1.76. The van der Waals surface area contributed by atoms with Crippen LogP contribution >= 0.6 is 11.6 Å². The second-order valence-corrected chi connectivity index (χ2v) is 6.30. The number of benzene rings is 2. The molecule has 0 spiro atoms. The quantitative estimate of drug-likeness (QED) is 0.728. The molecule has 1 nitrogen and oxygen atoms in total. The van der Waals surface area contributed by atoms with Crippen LogP contribution in [0.4, 0.5) is 0 Å². The number of hydrogen-bond donors (Lipinski definition) is 0. The first kappa shape index (κ1) is 12.4. The van der Waals surface area contributed by atoms with Crippen LogP contribution in [0.15, 0.2) is 48.5 Å². The second-order valence-electron chi connectivity index (χ2n) is 5.87. The number of rotatable bonds is 1. The van der Waals surface area contributed by atoms with Crippen LogP contribution in [-0.2, 0) is 6.42 Å². The van der Waals surface area contributed by atoms with Crippen molar-refractivity contribution >= 4 is 11.6 Å². The van der Waals surface area contributed by atoms with E-state index < -0.39 is 0 Å². The van der Waals surface area contributed by atoms with Gasteiger partial charge in [-0.3, -0.25) is 4.90 Å². The summed E-state index contributed by atoms with van der Waals surface area (Å²) in [7, 11) is 0. The van der Waals surface area contributed by atoms with Gasteiger partial charge in [0.15, 0.2) is 0 Å². The van der Waals surface area contributed by atoms with E-state index in [9.17, 15) is 0 Å². The minimum Gasteiger partial charge on any atom is -0.289 e. The summed E-state index contributed by atoms with van der Waals surface area (Å²) < 4.78 is 0. The Morgan fingerprint density at radius 3 is 2.60 bits per heavy atom. The van der Waals surface area contributed by atoms with Crippen molar-refractivity contribution < 1.29 is 0 Å². The number of hydrogen-bond acceptors (Lipinski definition) is 1. The first-order valence-electron chi connectivity index (χ1n) is 7.42. The van der Waals surface area contributed by atoms with E-state index in [1.54, 1.807) is 5.56 Å². The van der Waals surface area contributed by atoms with E-state index in [4.69, 9.17) is 11.6 Å². The van der Waals surface area contributed by atoms with E-state index in [0.717, 1.165) is 11.4 Å². The summed E-state index contributed by atoms with van der Waals surface area (Å²) in [6, 6.07) is 18.5. The minimum atomic E-state index is 0.509. The molecule has 2 heteroatoms. The van der Waals surface area contributed by atoms with Crippen LogP contribution in [-0.4, -0.2) is 11.4 Å². The molecule has 1 saturated heterocycles. The van der Waals surface area contributed by atoms with Crippen LogP contribution in [0.3, 0.4) is 0 Å². The molecule has 4 rings (SSSR count). The lowest BCUT2D eigenvalue weighted by molar-refractivity contribution is 0.163. The van der Waals surface area contributed by atoms with Crippen molar-refractivity contribution in [2.24, 2.45) is 0 Å². The van der Waals surface area contributed by atoms with Crippen molar-refractivity contribution in [2.75, 3.05) is 6.54 Å². The standard InChI is InChI=1S/C18H18ClN/c19-15-9-7-13(8-10-15)18-12-14-4-1-2-5-16(14)17-6-3-11-20(17)18/h1-2,4-5,7-10,17-18H,3,6,11-12H2. The van der Waals surface area contributed by atoms with Crippen molar-refractivity contribution in [3.63, 3.8) is 0 Å². The van der Waals surface area contributed by atoms with Gasteiger partial charge in [0.1, 0.15) is 0 Å². The van der Waals surface area contributed by atoms with Gasteiger partial charge < -0.3 is 0 Å². The smallest absolute Gasteiger partial charge is 0.0406 e. The van der Waals surface area contributed by atoms with Gasteiger partial charge in [-0.05, 0) is 54.6 Å². The third-order valence-electron chi connectivity index (χ3n) is 4.78. The second kappa shape index (κ2) is 4.91. The first-order chi connectivity index (χ1) is 9.83. The average molecular weight is 284 g/mol. The summed E-state index contributed by atoms with van der Waals surface area (Å²) in [5.41, 5.74) is 4.47. The summed E-state index contributed by atoms with van der Waals surface area (Å²) in [5.74, 6) is 0. The molecule has 0 radical (unpaired) electrons. The predicted molar refractivity (Wildman–Crippen MR) is 83.0 cm³/mol. The summed E-state index contributed by atoms with van der Waals surface area (Å²) in [6.07, 6.45) is 3.72. The fourth-order valence-corrected chi connectivity index (χ4v) is 3.99. The fraction of sp³-hybridized carbons (Fsp3) is 0.333. The molecule has 0 amide bonds. The molecule has 2 unspecified atom stereocenters. The lowest BCUT2D eigenvalue weighted by atomic mass is 9.86. The number of fused-ring (bicyclic) bond motifs is 3. The minimum absolute atomic E-state index is 0.509. The van der Waals surface area contributed by atoms with Crippen molar-refractivity contribution in [1.82, 2.24) is 4.90 Å². The maximum atomic E-state index is 6.03. The van der Waals surface area contributed by atoms with Crippen molar-refractivity contribution in [1.29, 1.82) is 0 Å².